The van der Waals surface area contributed by atoms with Crippen LogP contribution < -0.4 is 5.32 Å². The van der Waals surface area contributed by atoms with Gasteiger partial charge in [-0.25, -0.2) is 0 Å². The lowest BCUT2D eigenvalue weighted by atomic mass is 9.81. The van der Waals surface area contributed by atoms with Gasteiger partial charge in [-0.2, -0.15) is 13.2 Å². The smallest absolute Gasteiger partial charge is 0.391 e. The first-order valence-electron chi connectivity index (χ1n) is 13.2. The number of nitrogens with one attached hydrogen (secondary N) is 1. The summed E-state index contributed by atoms with van der Waals surface area (Å²) >= 11 is 0. The van der Waals surface area contributed by atoms with Gasteiger partial charge in [-0.1, -0.05) is 55.3 Å². The zero-order valence-corrected chi connectivity index (χ0v) is 22.1. The Balaban J connectivity index is 1.41. The summed E-state index contributed by atoms with van der Waals surface area (Å²) in [6.45, 7) is 8.64. The molecule has 1 aliphatic carbocycles. The second-order valence-corrected chi connectivity index (χ2v) is 10.7. The predicted octanol–water partition coefficient (Wildman–Crippen LogP) is 7.28. The van der Waals surface area contributed by atoms with E-state index in [-0.39, 0.29) is 24.0 Å². The van der Waals surface area contributed by atoms with Crippen molar-refractivity contribution < 1.29 is 22.8 Å². The molecule has 204 valence electrons. The summed E-state index contributed by atoms with van der Waals surface area (Å²) in [6, 6.07) is 12.3. The molecule has 1 aliphatic heterocycles. The molecule has 2 aliphatic rings. The van der Waals surface area contributed by atoms with Crippen molar-refractivity contribution in [2.75, 3.05) is 18.4 Å². The molecule has 1 heterocycles. The summed E-state index contributed by atoms with van der Waals surface area (Å²) in [5, 5.41) is 7.70. The Morgan fingerprint density at radius 3 is 2.68 bits per heavy atom. The molecule has 0 bridgehead atoms. The molecule has 2 aromatic rings. The fourth-order valence-electron chi connectivity index (χ4n) is 5.52. The number of nitrogens with zero attached hydrogens (tertiary/aromatic N) is 2. The minimum atomic E-state index is -4.40. The van der Waals surface area contributed by atoms with Crippen molar-refractivity contribution in [2.45, 2.75) is 76.6 Å². The molecule has 2 fully saturated rings. The van der Waals surface area contributed by atoms with Gasteiger partial charge in [-0.15, -0.1) is 0 Å². The van der Waals surface area contributed by atoms with Crippen LogP contribution in [0.15, 0.2) is 60.3 Å². The monoisotopic (exact) mass is 527 g/mol. The Bertz CT molecular complexity index is 1190. The van der Waals surface area contributed by atoms with Gasteiger partial charge in [0.15, 0.2) is 0 Å². The molecule has 38 heavy (non-hydrogen) atoms. The highest BCUT2D eigenvalue weighted by atomic mass is 19.4. The van der Waals surface area contributed by atoms with Crippen LogP contribution in [0.3, 0.4) is 0 Å². The first-order chi connectivity index (χ1) is 18.1. The number of amides is 1. The molecule has 0 radical (unpaired) electrons. The molecule has 1 saturated carbocycles. The van der Waals surface area contributed by atoms with E-state index in [0.717, 1.165) is 49.8 Å². The third kappa shape index (κ3) is 6.77. The van der Waals surface area contributed by atoms with Crippen molar-refractivity contribution in [1.29, 1.82) is 0 Å². The number of likely N-dealkylation sites (tertiary alicyclic amines) is 1. The van der Waals surface area contributed by atoms with E-state index in [0.29, 0.717) is 29.9 Å². The zero-order chi connectivity index (χ0) is 27.3. The van der Waals surface area contributed by atoms with E-state index in [9.17, 15) is 18.0 Å². The number of hydrogen-bond acceptors (Lipinski definition) is 4. The summed E-state index contributed by atoms with van der Waals surface area (Å²) in [4.78, 5) is 19.2. The molecule has 1 amide bonds. The SMILES string of the molecule is C=CC(=O)N1CCC(C)(Nc2cccc(/C(C)=N/OCc3ccc(C4CCCCC4)c(C(F)(F)F)c3)c2)C1. The molecular formula is C30H36F3N3O2. The van der Waals surface area contributed by atoms with Crippen LogP contribution in [0, 0.1) is 0 Å². The summed E-state index contributed by atoms with van der Waals surface area (Å²) in [5.74, 6) is -0.107. The molecule has 0 spiro atoms. The summed E-state index contributed by atoms with van der Waals surface area (Å²) in [6.07, 6.45) is 2.40. The van der Waals surface area contributed by atoms with E-state index in [1.165, 1.54) is 12.1 Å². The standard InChI is InChI=1S/C30H36F3N3O2/c1-4-28(37)36-16-15-29(3,20-36)34-25-12-8-11-24(18-25)21(2)35-38-19-22-13-14-26(23-9-6-5-7-10-23)27(17-22)30(31,32)33/h4,8,11-14,17-18,23,34H,1,5-7,9-10,15-16,19-20H2,2-3H3/b35-21+. The molecule has 1 unspecified atom stereocenters. The molecule has 8 heteroatoms. The number of carbonyl (C=O) groups is 1. The Morgan fingerprint density at radius 2 is 1.97 bits per heavy atom. The summed E-state index contributed by atoms with van der Waals surface area (Å²) in [5.41, 5.74) is 2.36. The highest BCUT2D eigenvalue weighted by molar-refractivity contribution is 5.99. The number of carbonyl (C=O) groups excluding carboxylic acids is 1. The van der Waals surface area contributed by atoms with Gasteiger partial charge in [-0.05, 0) is 74.4 Å². The largest absolute Gasteiger partial charge is 0.416 e. The fourth-order valence-corrected chi connectivity index (χ4v) is 5.52. The molecule has 0 aromatic heterocycles. The second kappa shape index (κ2) is 11.6. The predicted molar refractivity (Wildman–Crippen MR) is 144 cm³/mol. The zero-order valence-electron chi connectivity index (χ0n) is 22.1. The van der Waals surface area contributed by atoms with Crippen LogP contribution in [0.5, 0.6) is 0 Å². The third-order valence-corrected chi connectivity index (χ3v) is 7.59. The minimum Gasteiger partial charge on any atom is -0.391 e. The van der Waals surface area contributed by atoms with Gasteiger partial charge in [0, 0.05) is 24.3 Å². The van der Waals surface area contributed by atoms with E-state index in [2.05, 4.69) is 24.0 Å². The highest BCUT2D eigenvalue weighted by Crippen LogP contribution is 2.41. The van der Waals surface area contributed by atoms with Crippen LogP contribution in [-0.4, -0.2) is 35.1 Å². The number of alkyl halides is 3. The Morgan fingerprint density at radius 1 is 1.21 bits per heavy atom. The van der Waals surface area contributed by atoms with Crippen molar-refractivity contribution in [3.05, 3.63) is 77.4 Å². The first-order valence-corrected chi connectivity index (χ1v) is 13.2. The molecule has 1 saturated heterocycles. The van der Waals surface area contributed by atoms with Crippen LogP contribution in [-0.2, 0) is 22.4 Å². The van der Waals surface area contributed by atoms with Crippen molar-refractivity contribution in [3.8, 4) is 0 Å². The van der Waals surface area contributed by atoms with Crippen LogP contribution in [0.2, 0.25) is 0 Å². The number of rotatable bonds is 8. The fraction of sp³-hybridized carbons (Fsp3) is 0.467. The maximum absolute atomic E-state index is 13.8. The molecule has 1 N–H and O–H groups in total. The normalized spacial score (nSPS) is 20.9. The Kier molecular flexibility index (Phi) is 8.48. The van der Waals surface area contributed by atoms with Crippen LogP contribution in [0.4, 0.5) is 18.9 Å². The first kappa shape index (κ1) is 27.7. The summed E-state index contributed by atoms with van der Waals surface area (Å²) < 4.78 is 41.5. The Hall–Kier alpha value is -3.29. The van der Waals surface area contributed by atoms with Crippen molar-refractivity contribution in [1.82, 2.24) is 4.90 Å². The van der Waals surface area contributed by atoms with Gasteiger partial charge >= 0.3 is 6.18 Å². The second-order valence-electron chi connectivity index (χ2n) is 10.7. The van der Waals surface area contributed by atoms with E-state index >= 15 is 0 Å². The lowest BCUT2D eigenvalue weighted by Crippen LogP contribution is -2.39. The number of benzene rings is 2. The van der Waals surface area contributed by atoms with Crippen LogP contribution in [0.25, 0.3) is 0 Å². The number of oxime groups is 1. The van der Waals surface area contributed by atoms with Crippen molar-refractivity contribution in [3.63, 3.8) is 0 Å². The topological polar surface area (TPSA) is 53.9 Å². The lowest BCUT2D eigenvalue weighted by molar-refractivity contribution is -0.138. The maximum Gasteiger partial charge on any atom is 0.416 e. The minimum absolute atomic E-state index is 0.0338. The highest BCUT2D eigenvalue weighted by Gasteiger charge is 2.36. The number of halogens is 3. The van der Waals surface area contributed by atoms with Crippen LogP contribution >= 0.6 is 0 Å². The molecular weight excluding hydrogens is 491 g/mol. The molecule has 5 nitrogen and oxygen atoms in total. The van der Waals surface area contributed by atoms with Gasteiger partial charge in [0.1, 0.15) is 6.61 Å². The molecule has 1 atom stereocenters. The van der Waals surface area contributed by atoms with Gasteiger partial charge in [-0.3, -0.25) is 4.79 Å². The van der Waals surface area contributed by atoms with E-state index in [1.807, 2.05) is 24.3 Å². The average Bonchev–Trinajstić information content (AvgIpc) is 3.29. The van der Waals surface area contributed by atoms with E-state index in [4.69, 9.17) is 4.84 Å². The maximum atomic E-state index is 13.8. The quantitative estimate of drug-likeness (QED) is 0.223. The molecule has 2 aromatic carbocycles. The molecule has 4 rings (SSSR count). The van der Waals surface area contributed by atoms with Gasteiger partial charge in [0.05, 0.1) is 16.8 Å². The van der Waals surface area contributed by atoms with E-state index in [1.54, 1.807) is 24.0 Å². The lowest BCUT2D eigenvalue weighted by Gasteiger charge is -2.27. The van der Waals surface area contributed by atoms with E-state index < -0.39 is 11.7 Å². The average molecular weight is 528 g/mol. The number of hydrogen-bond donors (Lipinski definition) is 1. The van der Waals surface area contributed by atoms with Crippen molar-refractivity contribution in [2.24, 2.45) is 5.16 Å². The summed E-state index contributed by atoms with van der Waals surface area (Å²) in [7, 11) is 0. The van der Waals surface area contributed by atoms with Gasteiger partial charge < -0.3 is 15.1 Å². The Labute approximate surface area is 222 Å². The number of anilines is 1. The van der Waals surface area contributed by atoms with Gasteiger partial charge in [0.25, 0.3) is 0 Å². The third-order valence-electron chi connectivity index (χ3n) is 7.59. The van der Waals surface area contributed by atoms with Crippen LogP contribution in [0.1, 0.15) is 80.5 Å². The van der Waals surface area contributed by atoms with Crippen molar-refractivity contribution >= 4 is 17.3 Å². The van der Waals surface area contributed by atoms with Gasteiger partial charge in [0.2, 0.25) is 5.91 Å².